The minimum absolute atomic E-state index is 0.603. The average molecular weight is 214 g/mol. The molecule has 0 aromatic heterocycles. The lowest BCUT2D eigenvalue weighted by atomic mass is 10.3. The number of halogens is 2. The molecule has 0 nitrogen and oxygen atoms in total. The standard InChI is InChI=1S/C5H8FI/c6-4-2-1-3-5-7/h2,4H,1,3,5H2. The van der Waals surface area contributed by atoms with E-state index in [9.17, 15) is 4.39 Å². The van der Waals surface area contributed by atoms with Gasteiger partial charge < -0.3 is 0 Å². The summed E-state index contributed by atoms with van der Waals surface area (Å²) in [6, 6.07) is 0. The quantitative estimate of drug-likeness (QED) is 0.385. The second kappa shape index (κ2) is 6.40. The summed E-state index contributed by atoms with van der Waals surface area (Å²) in [6.45, 7) is 0. The van der Waals surface area contributed by atoms with Crippen LogP contribution in [-0.4, -0.2) is 4.43 Å². The van der Waals surface area contributed by atoms with Crippen molar-refractivity contribution in [2.45, 2.75) is 12.8 Å². The van der Waals surface area contributed by atoms with Crippen LogP contribution in [-0.2, 0) is 0 Å². The highest BCUT2D eigenvalue weighted by molar-refractivity contribution is 14.1. The van der Waals surface area contributed by atoms with Crippen molar-refractivity contribution in [3.8, 4) is 0 Å². The highest BCUT2D eigenvalue weighted by atomic mass is 127. The average Bonchev–Trinajstić information content (AvgIpc) is 1.69. The van der Waals surface area contributed by atoms with Gasteiger partial charge in [-0.05, 0) is 17.3 Å². The predicted molar refractivity (Wildman–Crippen MR) is 38.4 cm³/mol. The van der Waals surface area contributed by atoms with E-state index in [1.54, 1.807) is 6.08 Å². The number of hydrogen-bond donors (Lipinski definition) is 0. The Balaban J connectivity index is 2.69. The van der Waals surface area contributed by atoms with Crippen molar-refractivity contribution < 1.29 is 4.39 Å². The molecule has 0 aliphatic carbocycles. The minimum Gasteiger partial charge on any atom is -0.216 e. The smallest absolute Gasteiger partial charge is 0.0827 e. The Hall–Kier alpha value is 0.400. The van der Waals surface area contributed by atoms with Crippen LogP contribution >= 0.6 is 22.6 Å². The van der Waals surface area contributed by atoms with Gasteiger partial charge in [-0.25, -0.2) is 4.39 Å². The van der Waals surface area contributed by atoms with E-state index in [0.29, 0.717) is 6.33 Å². The lowest BCUT2D eigenvalue weighted by Crippen LogP contribution is -1.67. The normalized spacial score (nSPS) is 10.6. The molecule has 0 bridgehead atoms. The second-order valence-electron chi connectivity index (χ2n) is 1.19. The maximum atomic E-state index is 11.1. The van der Waals surface area contributed by atoms with Crippen LogP contribution in [0.2, 0.25) is 0 Å². The van der Waals surface area contributed by atoms with E-state index in [0.717, 1.165) is 17.3 Å². The number of allylic oxidation sites excluding steroid dienone is 1. The molecule has 0 fully saturated rings. The van der Waals surface area contributed by atoms with E-state index in [2.05, 4.69) is 22.6 Å². The molecule has 0 aromatic carbocycles. The van der Waals surface area contributed by atoms with Crippen molar-refractivity contribution in [2.24, 2.45) is 0 Å². The molecular formula is C5H8FI. The molecule has 0 N–H and O–H groups in total. The Labute approximate surface area is 56.9 Å². The predicted octanol–water partition coefficient (Wildman–Crippen LogP) is 2.68. The van der Waals surface area contributed by atoms with Crippen molar-refractivity contribution in [1.29, 1.82) is 0 Å². The van der Waals surface area contributed by atoms with Gasteiger partial charge >= 0.3 is 0 Å². The Bertz CT molecular complexity index is 52.0. The van der Waals surface area contributed by atoms with E-state index in [-0.39, 0.29) is 0 Å². The van der Waals surface area contributed by atoms with Crippen LogP contribution in [0.25, 0.3) is 0 Å². The van der Waals surface area contributed by atoms with Crippen LogP contribution in [0, 0.1) is 0 Å². The van der Waals surface area contributed by atoms with Crippen LogP contribution in [0.1, 0.15) is 12.8 Å². The molecule has 0 radical (unpaired) electrons. The molecule has 0 rings (SSSR count). The van der Waals surface area contributed by atoms with Crippen molar-refractivity contribution in [3.05, 3.63) is 12.4 Å². The van der Waals surface area contributed by atoms with Gasteiger partial charge in [-0.2, -0.15) is 0 Å². The van der Waals surface area contributed by atoms with Crippen molar-refractivity contribution in [1.82, 2.24) is 0 Å². The third-order valence-electron chi connectivity index (χ3n) is 0.594. The summed E-state index contributed by atoms with van der Waals surface area (Å²) in [5.41, 5.74) is 0. The van der Waals surface area contributed by atoms with Gasteiger partial charge in [0.05, 0.1) is 6.33 Å². The maximum Gasteiger partial charge on any atom is 0.0827 e. The summed E-state index contributed by atoms with van der Waals surface area (Å²) in [5, 5.41) is 0. The maximum absolute atomic E-state index is 11.1. The van der Waals surface area contributed by atoms with Gasteiger partial charge in [-0.15, -0.1) is 0 Å². The molecule has 0 aliphatic rings. The summed E-state index contributed by atoms with van der Waals surface area (Å²) in [7, 11) is 0. The first-order valence-corrected chi connectivity index (χ1v) is 3.75. The Morgan fingerprint density at radius 1 is 1.57 bits per heavy atom. The molecule has 0 unspecified atom stereocenters. The third kappa shape index (κ3) is 6.40. The van der Waals surface area contributed by atoms with Crippen molar-refractivity contribution >= 4 is 22.6 Å². The lowest BCUT2D eigenvalue weighted by molar-refractivity contribution is 0.712. The van der Waals surface area contributed by atoms with E-state index in [4.69, 9.17) is 0 Å². The van der Waals surface area contributed by atoms with Gasteiger partial charge in [0.1, 0.15) is 0 Å². The summed E-state index contributed by atoms with van der Waals surface area (Å²) >= 11 is 2.27. The Morgan fingerprint density at radius 2 is 2.29 bits per heavy atom. The van der Waals surface area contributed by atoms with Crippen molar-refractivity contribution in [2.75, 3.05) is 4.43 Å². The molecule has 0 aromatic rings. The molecule has 0 saturated carbocycles. The first-order valence-electron chi connectivity index (χ1n) is 2.23. The first kappa shape index (κ1) is 7.40. The molecule has 42 valence electrons. The molecule has 0 spiro atoms. The molecule has 0 saturated heterocycles. The molecule has 7 heavy (non-hydrogen) atoms. The summed E-state index contributed by atoms with van der Waals surface area (Å²) in [5.74, 6) is 0. The first-order chi connectivity index (χ1) is 3.41. The van der Waals surface area contributed by atoms with Crippen molar-refractivity contribution in [3.63, 3.8) is 0 Å². The van der Waals surface area contributed by atoms with Gasteiger partial charge in [0.25, 0.3) is 0 Å². The third-order valence-corrected chi connectivity index (χ3v) is 1.36. The largest absolute Gasteiger partial charge is 0.216 e. The fourth-order valence-electron chi connectivity index (χ4n) is 0.258. The SMILES string of the molecule is FC=CCCCI. The Kier molecular flexibility index (Phi) is 6.77. The lowest BCUT2D eigenvalue weighted by Gasteiger charge is -1.81. The van der Waals surface area contributed by atoms with Gasteiger partial charge in [0, 0.05) is 0 Å². The van der Waals surface area contributed by atoms with Crippen LogP contribution in [0.15, 0.2) is 12.4 Å². The molecule has 0 aliphatic heterocycles. The molecule has 0 atom stereocenters. The zero-order valence-electron chi connectivity index (χ0n) is 4.03. The van der Waals surface area contributed by atoms with Gasteiger partial charge in [-0.1, -0.05) is 28.7 Å². The summed E-state index contributed by atoms with van der Waals surface area (Å²) in [4.78, 5) is 0. The monoisotopic (exact) mass is 214 g/mol. The van der Waals surface area contributed by atoms with E-state index in [1.165, 1.54) is 0 Å². The highest BCUT2D eigenvalue weighted by Crippen LogP contribution is 1.94. The van der Waals surface area contributed by atoms with Gasteiger partial charge in [0.2, 0.25) is 0 Å². The molecule has 0 amide bonds. The number of rotatable bonds is 3. The van der Waals surface area contributed by atoms with Gasteiger partial charge in [-0.3, -0.25) is 0 Å². The zero-order chi connectivity index (χ0) is 5.54. The van der Waals surface area contributed by atoms with E-state index in [1.807, 2.05) is 0 Å². The van der Waals surface area contributed by atoms with E-state index >= 15 is 0 Å². The second-order valence-corrected chi connectivity index (χ2v) is 2.27. The fraction of sp³-hybridized carbons (Fsp3) is 0.600. The van der Waals surface area contributed by atoms with Crippen LogP contribution in [0.4, 0.5) is 4.39 Å². The molecule has 0 heterocycles. The minimum atomic E-state index is 0.603. The van der Waals surface area contributed by atoms with E-state index < -0.39 is 0 Å². The van der Waals surface area contributed by atoms with Crippen LogP contribution < -0.4 is 0 Å². The van der Waals surface area contributed by atoms with Gasteiger partial charge in [0.15, 0.2) is 0 Å². The zero-order valence-corrected chi connectivity index (χ0v) is 6.19. The molecule has 2 heteroatoms. The number of unbranched alkanes of at least 4 members (excludes halogenated alkanes) is 1. The highest BCUT2D eigenvalue weighted by Gasteiger charge is 1.75. The number of hydrogen-bond acceptors (Lipinski definition) is 0. The Morgan fingerprint density at radius 3 is 2.71 bits per heavy atom. The summed E-state index contributed by atoms with van der Waals surface area (Å²) < 4.78 is 12.2. The molecular weight excluding hydrogens is 206 g/mol. The fourth-order valence-corrected chi connectivity index (χ4v) is 0.698. The number of alkyl halides is 1. The van der Waals surface area contributed by atoms with Crippen LogP contribution in [0.5, 0.6) is 0 Å². The topological polar surface area (TPSA) is 0 Å². The van der Waals surface area contributed by atoms with Crippen LogP contribution in [0.3, 0.4) is 0 Å². The summed E-state index contributed by atoms with van der Waals surface area (Å²) in [6.07, 6.45) is 4.10.